The molecule has 0 bridgehead atoms. The summed E-state index contributed by atoms with van der Waals surface area (Å²) in [5, 5.41) is 6.54. The Morgan fingerprint density at radius 3 is 2.61 bits per heavy atom. The van der Waals surface area contributed by atoms with Gasteiger partial charge in [0.15, 0.2) is 12.4 Å². The van der Waals surface area contributed by atoms with Gasteiger partial charge in [0, 0.05) is 11.9 Å². The lowest BCUT2D eigenvalue weighted by molar-refractivity contribution is -0.0497. The van der Waals surface area contributed by atoms with Crippen LogP contribution in [0, 0.1) is 5.82 Å². The van der Waals surface area contributed by atoms with Crippen LogP contribution in [-0.2, 0) is 6.73 Å². The number of benzene rings is 2. The van der Waals surface area contributed by atoms with Crippen LogP contribution in [0.4, 0.5) is 18.9 Å². The second kappa shape index (κ2) is 8.66. The molecular weight excluding hydrogens is 399 g/mol. The number of ether oxygens (including phenoxy) is 2. The third kappa shape index (κ3) is 5.17. The zero-order valence-corrected chi connectivity index (χ0v) is 14.9. The van der Waals surface area contributed by atoms with Crippen molar-refractivity contribution < 1.29 is 27.4 Å². The Labute approximate surface area is 162 Å². The van der Waals surface area contributed by atoms with Gasteiger partial charge in [0.05, 0.1) is 5.02 Å². The number of amides is 1. The summed E-state index contributed by atoms with van der Waals surface area (Å²) >= 11 is 5.85. The van der Waals surface area contributed by atoms with Crippen LogP contribution in [0.5, 0.6) is 11.5 Å². The number of nitrogens with zero attached hydrogens (tertiary/aromatic N) is 2. The maximum absolute atomic E-state index is 12.9. The molecule has 3 rings (SSSR count). The Morgan fingerprint density at radius 2 is 1.93 bits per heavy atom. The van der Waals surface area contributed by atoms with Crippen molar-refractivity contribution >= 4 is 23.2 Å². The summed E-state index contributed by atoms with van der Waals surface area (Å²) < 4.78 is 48.4. The van der Waals surface area contributed by atoms with Crippen molar-refractivity contribution in [1.29, 1.82) is 0 Å². The predicted octanol–water partition coefficient (Wildman–Crippen LogP) is 4.57. The maximum Gasteiger partial charge on any atom is 0.387 e. The molecule has 146 valence electrons. The molecule has 0 radical (unpaired) electrons. The number of nitrogens with one attached hydrogen (secondary N) is 1. The van der Waals surface area contributed by atoms with E-state index in [-0.39, 0.29) is 34.7 Å². The highest BCUT2D eigenvalue weighted by Gasteiger charge is 2.13. The van der Waals surface area contributed by atoms with Crippen LogP contribution < -0.4 is 14.8 Å². The second-order valence-corrected chi connectivity index (χ2v) is 5.85. The first-order chi connectivity index (χ1) is 13.4. The molecule has 0 saturated carbocycles. The fraction of sp³-hybridized carbons (Fsp3) is 0.111. The monoisotopic (exact) mass is 411 g/mol. The van der Waals surface area contributed by atoms with Gasteiger partial charge in [-0.1, -0.05) is 11.6 Å². The lowest BCUT2D eigenvalue weighted by Gasteiger charge is -2.09. The van der Waals surface area contributed by atoms with Crippen LogP contribution >= 0.6 is 11.6 Å². The molecule has 1 heterocycles. The number of carbonyl (C=O) groups excluding carboxylic acids is 1. The number of alkyl halides is 2. The van der Waals surface area contributed by atoms with Crippen molar-refractivity contribution in [2.45, 2.75) is 13.3 Å². The third-order valence-electron chi connectivity index (χ3n) is 3.46. The molecule has 0 aliphatic rings. The average Bonchev–Trinajstić information content (AvgIpc) is 3.12. The fourth-order valence-electron chi connectivity index (χ4n) is 2.19. The average molecular weight is 412 g/mol. The summed E-state index contributed by atoms with van der Waals surface area (Å²) in [4.78, 5) is 12.2. The topological polar surface area (TPSA) is 65.4 Å². The minimum absolute atomic E-state index is 0.0183. The van der Waals surface area contributed by atoms with Crippen molar-refractivity contribution in [3.8, 4) is 11.5 Å². The SMILES string of the molecule is O=C(Nc1ccc(OC(F)F)c(Cl)c1)c1ccn(COc2ccc(F)cc2)n1. The molecule has 1 amide bonds. The number of hydrogen-bond donors (Lipinski definition) is 1. The van der Waals surface area contributed by atoms with Crippen molar-refractivity contribution in [3.63, 3.8) is 0 Å². The molecule has 0 saturated heterocycles. The number of carbonyl (C=O) groups is 1. The van der Waals surface area contributed by atoms with Crippen LogP contribution in [0.15, 0.2) is 54.7 Å². The highest BCUT2D eigenvalue weighted by Crippen LogP contribution is 2.29. The number of anilines is 1. The summed E-state index contributed by atoms with van der Waals surface area (Å²) in [6.07, 6.45) is 1.53. The number of rotatable bonds is 7. The van der Waals surface area contributed by atoms with Gasteiger partial charge < -0.3 is 14.8 Å². The molecule has 0 aliphatic carbocycles. The minimum atomic E-state index is -3.00. The highest BCUT2D eigenvalue weighted by atomic mass is 35.5. The van der Waals surface area contributed by atoms with Gasteiger partial charge in [-0.25, -0.2) is 9.07 Å². The van der Waals surface area contributed by atoms with E-state index in [2.05, 4.69) is 15.2 Å². The van der Waals surface area contributed by atoms with E-state index < -0.39 is 12.5 Å². The molecular formula is C18H13ClF3N3O3. The van der Waals surface area contributed by atoms with E-state index in [1.807, 2.05) is 0 Å². The molecule has 6 nitrogen and oxygen atoms in total. The number of hydrogen-bond acceptors (Lipinski definition) is 4. The Kier molecular flexibility index (Phi) is 6.05. The number of halogens is 4. The van der Waals surface area contributed by atoms with Crippen LogP contribution in [0.2, 0.25) is 5.02 Å². The largest absolute Gasteiger partial charge is 0.471 e. The summed E-state index contributed by atoms with van der Waals surface area (Å²) in [7, 11) is 0. The van der Waals surface area contributed by atoms with E-state index >= 15 is 0 Å². The molecule has 0 fully saturated rings. The Balaban J connectivity index is 1.59. The smallest absolute Gasteiger partial charge is 0.387 e. The minimum Gasteiger partial charge on any atom is -0.471 e. The van der Waals surface area contributed by atoms with E-state index in [0.29, 0.717) is 5.75 Å². The Bertz CT molecular complexity index is 964. The molecule has 2 aromatic carbocycles. The van der Waals surface area contributed by atoms with Gasteiger partial charge in [-0.2, -0.15) is 13.9 Å². The zero-order valence-electron chi connectivity index (χ0n) is 14.1. The number of aromatic nitrogens is 2. The molecule has 0 unspecified atom stereocenters. The van der Waals surface area contributed by atoms with Gasteiger partial charge in [0.1, 0.15) is 17.3 Å². The molecule has 1 aromatic heterocycles. The molecule has 0 aliphatic heterocycles. The van der Waals surface area contributed by atoms with Gasteiger partial charge in [0.25, 0.3) is 5.91 Å². The van der Waals surface area contributed by atoms with E-state index in [1.165, 1.54) is 59.4 Å². The van der Waals surface area contributed by atoms with Crippen molar-refractivity contribution in [2.24, 2.45) is 0 Å². The van der Waals surface area contributed by atoms with Crippen LogP contribution in [0.3, 0.4) is 0 Å². The van der Waals surface area contributed by atoms with E-state index in [9.17, 15) is 18.0 Å². The summed E-state index contributed by atoms with van der Waals surface area (Å²) in [5.41, 5.74) is 0.389. The normalized spacial score (nSPS) is 10.8. The molecule has 0 spiro atoms. The zero-order chi connectivity index (χ0) is 20.1. The molecule has 28 heavy (non-hydrogen) atoms. The van der Waals surface area contributed by atoms with Gasteiger partial charge >= 0.3 is 6.61 Å². The van der Waals surface area contributed by atoms with E-state index in [1.54, 1.807) is 0 Å². The predicted molar refractivity (Wildman–Crippen MR) is 95.3 cm³/mol. The fourth-order valence-corrected chi connectivity index (χ4v) is 2.42. The van der Waals surface area contributed by atoms with Crippen molar-refractivity contribution in [3.05, 3.63) is 71.3 Å². The first-order valence-corrected chi connectivity index (χ1v) is 8.26. The van der Waals surface area contributed by atoms with Gasteiger partial charge in [-0.3, -0.25) is 4.79 Å². The first-order valence-electron chi connectivity index (χ1n) is 7.88. The van der Waals surface area contributed by atoms with Crippen LogP contribution in [-0.4, -0.2) is 22.3 Å². The highest BCUT2D eigenvalue weighted by molar-refractivity contribution is 6.32. The quantitative estimate of drug-likeness (QED) is 0.618. The second-order valence-electron chi connectivity index (χ2n) is 5.45. The third-order valence-corrected chi connectivity index (χ3v) is 3.75. The van der Waals surface area contributed by atoms with Gasteiger partial charge in [0.2, 0.25) is 0 Å². The Morgan fingerprint density at radius 1 is 1.18 bits per heavy atom. The molecule has 3 aromatic rings. The van der Waals surface area contributed by atoms with Crippen LogP contribution in [0.1, 0.15) is 10.5 Å². The molecule has 0 atom stereocenters. The van der Waals surface area contributed by atoms with Crippen molar-refractivity contribution in [2.75, 3.05) is 5.32 Å². The standard InChI is InChI=1S/C18H13ClF3N3O3/c19-14-9-12(3-6-16(14)28-18(21)22)23-17(26)15-7-8-25(24-15)10-27-13-4-1-11(20)2-5-13/h1-9,18H,10H2,(H,23,26). The van der Waals surface area contributed by atoms with E-state index in [0.717, 1.165) is 0 Å². The Hall–Kier alpha value is -3.20. The lowest BCUT2D eigenvalue weighted by Crippen LogP contribution is -2.14. The van der Waals surface area contributed by atoms with Crippen LogP contribution in [0.25, 0.3) is 0 Å². The first kappa shape index (κ1) is 19.6. The van der Waals surface area contributed by atoms with Gasteiger partial charge in [-0.05, 0) is 48.5 Å². The van der Waals surface area contributed by atoms with Crippen molar-refractivity contribution in [1.82, 2.24) is 9.78 Å². The molecule has 1 N–H and O–H groups in total. The summed E-state index contributed by atoms with van der Waals surface area (Å²) in [6.45, 7) is -2.98. The lowest BCUT2D eigenvalue weighted by atomic mass is 10.3. The van der Waals surface area contributed by atoms with Gasteiger partial charge in [-0.15, -0.1) is 0 Å². The summed E-state index contributed by atoms with van der Waals surface area (Å²) in [6, 6.07) is 10.8. The summed E-state index contributed by atoms with van der Waals surface area (Å²) in [5.74, 6) is -0.654. The molecule has 10 heteroatoms. The maximum atomic E-state index is 12.9. The van der Waals surface area contributed by atoms with E-state index in [4.69, 9.17) is 16.3 Å².